The highest BCUT2D eigenvalue weighted by atomic mass is 16.5. The van der Waals surface area contributed by atoms with Crippen molar-refractivity contribution in [1.82, 2.24) is 10.2 Å². The van der Waals surface area contributed by atoms with Gasteiger partial charge in [0.05, 0.1) is 0 Å². The first kappa shape index (κ1) is 18.9. The fraction of sp³-hybridized carbons (Fsp3) is 0.867. The molecule has 0 aromatic heterocycles. The van der Waals surface area contributed by atoms with Crippen LogP contribution in [0.4, 0.5) is 0 Å². The summed E-state index contributed by atoms with van der Waals surface area (Å²) in [5.41, 5.74) is -1.02. The van der Waals surface area contributed by atoms with E-state index in [2.05, 4.69) is 5.32 Å². The van der Waals surface area contributed by atoms with Crippen molar-refractivity contribution in [3.63, 3.8) is 0 Å². The molecule has 2 amide bonds. The first-order valence-electron chi connectivity index (χ1n) is 7.48. The van der Waals surface area contributed by atoms with Crippen LogP contribution in [0.15, 0.2) is 0 Å². The molecule has 5 heteroatoms. The highest BCUT2D eigenvalue weighted by molar-refractivity contribution is 6.04. The summed E-state index contributed by atoms with van der Waals surface area (Å²) < 4.78 is 4.93. The Labute approximate surface area is 123 Å². The monoisotopic (exact) mass is 286 g/mol. The summed E-state index contributed by atoms with van der Waals surface area (Å²) in [6.45, 7) is 10.00. The van der Waals surface area contributed by atoms with Gasteiger partial charge >= 0.3 is 0 Å². The number of rotatable bonds is 10. The second kappa shape index (κ2) is 9.75. The first-order chi connectivity index (χ1) is 9.41. The lowest BCUT2D eigenvalue weighted by molar-refractivity contribution is -0.148. The van der Waals surface area contributed by atoms with Crippen LogP contribution >= 0.6 is 0 Å². The third-order valence-electron chi connectivity index (χ3n) is 3.19. The zero-order valence-electron chi connectivity index (χ0n) is 13.6. The molecule has 0 spiro atoms. The Hall–Kier alpha value is -1.10. The third kappa shape index (κ3) is 5.90. The third-order valence-corrected chi connectivity index (χ3v) is 3.19. The number of ether oxygens (including phenoxy) is 1. The molecule has 0 aliphatic carbocycles. The Morgan fingerprint density at radius 2 is 1.70 bits per heavy atom. The summed E-state index contributed by atoms with van der Waals surface area (Å²) in [6, 6.07) is 0. The smallest absolute Gasteiger partial charge is 0.237 e. The molecule has 0 saturated carbocycles. The van der Waals surface area contributed by atoms with Crippen molar-refractivity contribution < 1.29 is 14.3 Å². The molecule has 0 bridgehead atoms. The van der Waals surface area contributed by atoms with Crippen LogP contribution in [-0.4, -0.2) is 50.1 Å². The van der Waals surface area contributed by atoms with Gasteiger partial charge in [0.2, 0.25) is 11.8 Å². The van der Waals surface area contributed by atoms with Crippen molar-refractivity contribution in [2.24, 2.45) is 5.41 Å². The molecule has 0 fully saturated rings. The standard InChI is InChI=1S/C15H30N2O3/c1-6-10-17(11-7-2)14(19)15(3,4)13(18)16-9-8-12-20-5/h6-12H2,1-5H3,(H,16,18). The molecule has 5 nitrogen and oxygen atoms in total. The minimum absolute atomic E-state index is 0.0922. The molecule has 0 heterocycles. The Bertz CT molecular complexity index is 297. The van der Waals surface area contributed by atoms with E-state index >= 15 is 0 Å². The molecule has 0 aromatic carbocycles. The van der Waals surface area contributed by atoms with Gasteiger partial charge in [0.15, 0.2) is 0 Å². The van der Waals surface area contributed by atoms with E-state index in [-0.39, 0.29) is 11.8 Å². The van der Waals surface area contributed by atoms with E-state index in [9.17, 15) is 9.59 Å². The van der Waals surface area contributed by atoms with Gasteiger partial charge < -0.3 is 15.0 Å². The van der Waals surface area contributed by atoms with Crippen molar-refractivity contribution in [2.45, 2.75) is 47.0 Å². The van der Waals surface area contributed by atoms with Crippen LogP contribution < -0.4 is 5.32 Å². The Kier molecular flexibility index (Phi) is 9.21. The average Bonchev–Trinajstić information content (AvgIpc) is 2.42. The van der Waals surface area contributed by atoms with Gasteiger partial charge in [-0.2, -0.15) is 0 Å². The predicted molar refractivity (Wildman–Crippen MR) is 80.4 cm³/mol. The van der Waals surface area contributed by atoms with Gasteiger partial charge in [-0.15, -0.1) is 0 Å². The molecule has 118 valence electrons. The molecule has 0 radical (unpaired) electrons. The van der Waals surface area contributed by atoms with Crippen LogP contribution in [0.25, 0.3) is 0 Å². The largest absolute Gasteiger partial charge is 0.385 e. The minimum atomic E-state index is -1.02. The second-order valence-corrected chi connectivity index (χ2v) is 5.52. The molecule has 0 aliphatic rings. The van der Waals surface area contributed by atoms with Crippen LogP contribution in [-0.2, 0) is 14.3 Å². The average molecular weight is 286 g/mol. The number of nitrogens with one attached hydrogen (secondary N) is 1. The van der Waals surface area contributed by atoms with Gasteiger partial charge in [-0.3, -0.25) is 9.59 Å². The number of amides is 2. The lowest BCUT2D eigenvalue weighted by Crippen LogP contribution is -2.50. The summed E-state index contributed by atoms with van der Waals surface area (Å²) in [6.07, 6.45) is 2.55. The lowest BCUT2D eigenvalue weighted by atomic mass is 9.90. The molecule has 0 unspecified atom stereocenters. The van der Waals surface area contributed by atoms with E-state index in [1.54, 1.807) is 25.9 Å². The molecule has 0 aromatic rings. The molecule has 0 rings (SSSR count). The molecule has 0 atom stereocenters. The predicted octanol–water partition coefficient (Wildman–Crippen LogP) is 1.81. The SMILES string of the molecule is CCCN(CCC)C(=O)C(C)(C)C(=O)NCCCOC. The fourth-order valence-corrected chi connectivity index (χ4v) is 1.99. The first-order valence-corrected chi connectivity index (χ1v) is 7.48. The van der Waals surface area contributed by atoms with Crippen molar-refractivity contribution in [2.75, 3.05) is 33.4 Å². The summed E-state index contributed by atoms with van der Waals surface area (Å²) in [5, 5.41) is 2.81. The van der Waals surface area contributed by atoms with Crippen LogP contribution in [0.3, 0.4) is 0 Å². The van der Waals surface area contributed by atoms with Crippen molar-refractivity contribution in [3.8, 4) is 0 Å². The van der Waals surface area contributed by atoms with Gasteiger partial charge in [0.1, 0.15) is 5.41 Å². The van der Waals surface area contributed by atoms with Gasteiger partial charge in [-0.25, -0.2) is 0 Å². The summed E-state index contributed by atoms with van der Waals surface area (Å²) in [4.78, 5) is 26.5. The van der Waals surface area contributed by atoms with E-state index in [4.69, 9.17) is 4.74 Å². The second-order valence-electron chi connectivity index (χ2n) is 5.52. The topological polar surface area (TPSA) is 58.6 Å². The molecule has 20 heavy (non-hydrogen) atoms. The van der Waals surface area contributed by atoms with Crippen LogP contribution in [0.2, 0.25) is 0 Å². The molecule has 0 saturated heterocycles. The Morgan fingerprint density at radius 3 is 2.15 bits per heavy atom. The molecular weight excluding hydrogens is 256 g/mol. The van der Waals surface area contributed by atoms with Gasteiger partial charge in [0, 0.05) is 33.4 Å². The highest BCUT2D eigenvalue weighted by Gasteiger charge is 2.38. The summed E-state index contributed by atoms with van der Waals surface area (Å²) >= 11 is 0. The van der Waals surface area contributed by atoms with Crippen molar-refractivity contribution in [3.05, 3.63) is 0 Å². The maximum atomic E-state index is 12.5. The van der Waals surface area contributed by atoms with Crippen molar-refractivity contribution in [1.29, 1.82) is 0 Å². The maximum absolute atomic E-state index is 12.5. The molecular formula is C15H30N2O3. The number of hydrogen-bond acceptors (Lipinski definition) is 3. The maximum Gasteiger partial charge on any atom is 0.237 e. The minimum Gasteiger partial charge on any atom is -0.385 e. The van der Waals surface area contributed by atoms with E-state index in [0.717, 1.165) is 19.3 Å². The van der Waals surface area contributed by atoms with E-state index in [1.807, 2.05) is 13.8 Å². The normalized spacial score (nSPS) is 11.2. The number of carbonyl (C=O) groups is 2. The fourth-order valence-electron chi connectivity index (χ4n) is 1.99. The molecule has 0 aliphatic heterocycles. The van der Waals surface area contributed by atoms with Gasteiger partial charge in [0.25, 0.3) is 0 Å². The Balaban J connectivity index is 4.56. The van der Waals surface area contributed by atoms with Crippen LogP contribution in [0.1, 0.15) is 47.0 Å². The highest BCUT2D eigenvalue weighted by Crippen LogP contribution is 2.20. The van der Waals surface area contributed by atoms with Crippen LogP contribution in [0.5, 0.6) is 0 Å². The van der Waals surface area contributed by atoms with Crippen LogP contribution in [0, 0.1) is 5.41 Å². The number of hydrogen-bond donors (Lipinski definition) is 1. The van der Waals surface area contributed by atoms with Gasteiger partial charge in [-0.05, 0) is 33.1 Å². The van der Waals surface area contributed by atoms with E-state index in [0.29, 0.717) is 26.2 Å². The molecule has 1 N–H and O–H groups in total. The summed E-state index contributed by atoms with van der Waals surface area (Å²) in [7, 11) is 1.63. The van der Waals surface area contributed by atoms with E-state index in [1.165, 1.54) is 0 Å². The number of carbonyl (C=O) groups excluding carboxylic acids is 2. The number of nitrogens with zero attached hydrogens (tertiary/aromatic N) is 1. The lowest BCUT2D eigenvalue weighted by Gasteiger charge is -2.30. The van der Waals surface area contributed by atoms with Gasteiger partial charge in [-0.1, -0.05) is 13.8 Å². The summed E-state index contributed by atoms with van der Waals surface area (Å²) in [5.74, 6) is -0.304. The number of methoxy groups -OCH3 is 1. The zero-order valence-corrected chi connectivity index (χ0v) is 13.6. The Morgan fingerprint density at radius 1 is 1.15 bits per heavy atom. The quantitative estimate of drug-likeness (QED) is 0.492. The van der Waals surface area contributed by atoms with E-state index < -0.39 is 5.41 Å². The zero-order chi connectivity index (χ0) is 15.6. The van der Waals surface area contributed by atoms with Crippen molar-refractivity contribution >= 4 is 11.8 Å².